The number of benzene rings is 1. The van der Waals surface area contributed by atoms with Crippen LogP contribution in [0.1, 0.15) is 10.4 Å². The summed E-state index contributed by atoms with van der Waals surface area (Å²) in [6, 6.07) is 8.60. The highest BCUT2D eigenvalue weighted by atomic mass is 32.2. The van der Waals surface area contributed by atoms with Crippen LogP contribution in [-0.4, -0.2) is 35.0 Å². The lowest BCUT2D eigenvalue weighted by Crippen LogP contribution is -2.42. The van der Waals surface area contributed by atoms with Gasteiger partial charge in [-0.1, -0.05) is 18.2 Å². The van der Waals surface area contributed by atoms with Crippen LogP contribution in [0.4, 0.5) is 0 Å². The average molecular weight is 254 g/mol. The van der Waals surface area contributed by atoms with Crippen molar-refractivity contribution in [3.63, 3.8) is 0 Å². The molecule has 0 saturated carbocycles. The first-order chi connectivity index (χ1) is 8.24. The van der Waals surface area contributed by atoms with Crippen molar-refractivity contribution in [2.45, 2.75) is 0 Å². The molecule has 92 valence electrons. The van der Waals surface area contributed by atoms with Crippen molar-refractivity contribution in [1.29, 1.82) is 0 Å². The Morgan fingerprint density at radius 2 is 1.88 bits per heavy atom. The zero-order valence-corrected chi connectivity index (χ0v) is 10.00. The zero-order valence-electron chi connectivity index (χ0n) is 9.18. The third-order valence-corrected chi connectivity index (χ3v) is 2.76. The van der Waals surface area contributed by atoms with Gasteiger partial charge in [0.25, 0.3) is 5.91 Å². The van der Waals surface area contributed by atoms with Gasteiger partial charge in [0, 0.05) is 11.3 Å². The first kappa shape index (κ1) is 13.5. The maximum absolute atomic E-state index is 11.5. The highest BCUT2D eigenvalue weighted by molar-refractivity contribution is 7.99. The molecule has 0 fully saturated rings. The fourth-order valence-electron chi connectivity index (χ4n) is 1.05. The largest absolute Gasteiger partial charge is 0.396 e. The molecular formula is C11H14N2O3S. The van der Waals surface area contributed by atoms with Crippen LogP contribution in [0, 0.1) is 0 Å². The van der Waals surface area contributed by atoms with E-state index in [4.69, 9.17) is 5.11 Å². The normalized spacial score (nSPS) is 9.71. The molecule has 2 amide bonds. The molecule has 1 rings (SSSR count). The second-order valence-electron chi connectivity index (χ2n) is 3.14. The van der Waals surface area contributed by atoms with Gasteiger partial charge >= 0.3 is 0 Å². The third kappa shape index (κ3) is 5.37. The van der Waals surface area contributed by atoms with Crippen molar-refractivity contribution < 1.29 is 14.7 Å². The van der Waals surface area contributed by atoms with E-state index in [9.17, 15) is 9.59 Å². The van der Waals surface area contributed by atoms with Gasteiger partial charge in [0.1, 0.15) is 0 Å². The topological polar surface area (TPSA) is 78.4 Å². The molecule has 0 saturated heterocycles. The standard InChI is InChI=1S/C11H14N2O3S/c14-6-7-17-8-10(15)12-13-11(16)9-4-2-1-3-5-9/h1-5,14H,6-8H2,(H,12,15)(H,13,16). The molecule has 0 aromatic heterocycles. The van der Waals surface area contributed by atoms with E-state index in [1.54, 1.807) is 30.3 Å². The highest BCUT2D eigenvalue weighted by Gasteiger charge is 2.06. The molecule has 3 N–H and O–H groups in total. The van der Waals surface area contributed by atoms with Crippen molar-refractivity contribution in [3.8, 4) is 0 Å². The van der Waals surface area contributed by atoms with Crippen molar-refractivity contribution in [3.05, 3.63) is 35.9 Å². The van der Waals surface area contributed by atoms with Gasteiger partial charge in [-0.15, -0.1) is 11.8 Å². The molecule has 0 spiro atoms. The minimum atomic E-state index is -0.355. The predicted molar refractivity (Wildman–Crippen MR) is 66.5 cm³/mol. The van der Waals surface area contributed by atoms with Crippen LogP contribution >= 0.6 is 11.8 Å². The maximum atomic E-state index is 11.5. The number of carbonyl (C=O) groups is 2. The Bertz CT molecular complexity index is 370. The molecule has 0 aliphatic rings. The molecule has 5 nitrogen and oxygen atoms in total. The van der Waals surface area contributed by atoms with Crippen LogP contribution in [0.25, 0.3) is 0 Å². The van der Waals surface area contributed by atoms with E-state index in [-0.39, 0.29) is 24.2 Å². The van der Waals surface area contributed by atoms with Gasteiger partial charge in [-0.3, -0.25) is 20.4 Å². The Kier molecular flexibility index (Phi) is 6.13. The Morgan fingerprint density at radius 3 is 2.53 bits per heavy atom. The first-order valence-corrected chi connectivity index (χ1v) is 6.22. The summed E-state index contributed by atoms with van der Waals surface area (Å²) in [7, 11) is 0. The average Bonchev–Trinajstić information content (AvgIpc) is 2.37. The zero-order chi connectivity index (χ0) is 12.5. The van der Waals surface area contributed by atoms with Gasteiger partial charge in [0.15, 0.2) is 0 Å². The highest BCUT2D eigenvalue weighted by Crippen LogP contribution is 1.98. The number of nitrogens with one attached hydrogen (secondary N) is 2. The van der Waals surface area contributed by atoms with Crippen molar-refractivity contribution in [2.24, 2.45) is 0 Å². The number of rotatable bonds is 5. The predicted octanol–water partition coefficient (Wildman–Crippen LogP) is 0.173. The molecular weight excluding hydrogens is 240 g/mol. The molecule has 0 radical (unpaired) electrons. The molecule has 0 aliphatic carbocycles. The van der Waals surface area contributed by atoms with E-state index in [0.29, 0.717) is 11.3 Å². The van der Waals surface area contributed by atoms with E-state index in [1.807, 2.05) is 0 Å². The summed E-state index contributed by atoms with van der Waals surface area (Å²) >= 11 is 1.30. The smallest absolute Gasteiger partial charge is 0.269 e. The number of hydrogen-bond donors (Lipinski definition) is 3. The molecule has 0 unspecified atom stereocenters. The molecule has 0 heterocycles. The van der Waals surface area contributed by atoms with Gasteiger partial charge in [0.2, 0.25) is 5.91 Å². The third-order valence-electron chi connectivity index (χ3n) is 1.82. The molecule has 17 heavy (non-hydrogen) atoms. The van der Waals surface area contributed by atoms with Crippen LogP contribution in [0.2, 0.25) is 0 Å². The van der Waals surface area contributed by atoms with Gasteiger partial charge < -0.3 is 5.11 Å². The summed E-state index contributed by atoms with van der Waals surface area (Å²) in [5, 5.41) is 8.52. The minimum absolute atomic E-state index is 0.0360. The van der Waals surface area contributed by atoms with Gasteiger partial charge in [-0.25, -0.2) is 0 Å². The summed E-state index contributed by atoms with van der Waals surface area (Å²) in [5.41, 5.74) is 5.09. The van der Waals surface area contributed by atoms with E-state index >= 15 is 0 Å². The fraction of sp³-hybridized carbons (Fsp3) is 0.273. The van der Waals surface area contributed by atoms with Gasteiger partial charge in [-0.05, 0) is 12.1 Å². The Hall–Kier alpha value is -1.53. The Labute approximate surface area is 104 Å². The van der Waals surface area contributed by atoms with Crippen LogP contribution in [0.5, 0.6) is 0 Å². The number of amides is 2. The first-order valence-electron chi connectivity index (χ1n) is 5.07. The molecule has 1 aromatic rings. The lowest BCUT2D eigenvalue weighted by Gasteiger charge is -2.06. The Balaban J connectivity index is 2.26. The number of aliphatic hydroxyl groups excluding tert-OH is 1. The maximum Gasteiger partial charge on any atom is 0.269 e. The van der Waals surface area contributed by atoms with E-state index in [2.05, 4.69) is 10.9 Å². The molecule has 0 bridgehead atoms. The van der Waals surface area contributed by atoms with Crippen LogP contribution in [-0.2, 0) is 4.79 Å². The number of aliphatic hydroxyl groups is 1. The SMILES string of the molecule is O=C(CSCCO)NNC(=O)c1ccccc1. The van der Waals surface area contributed by atoms with Crippen molar-refractivity contribution in [2.75, 3.05) is 18.1 Å². The summed E-state index contributed by atoms with van der Waals surface area (Å²) in [6.45, 7) is 0.0360. The van der Waals surface area contributed by atoms with Crippen LogP contribution in [0.3, 0.4) is 0 Å². The number of hydrogen-bond acceptors (Lipinski definition) is 4. The second kappa shape index (κ2) is 7.70. The molecule has 6 heteroatoms. The van der Waals surface area contributed by atoms with Crippen molar-refractivity contribution in [1.82, 2.24) is 10.9 Å². The van der Waals surface area contributed by atoms with E-state index in [0.717, 1.165) is 0 Å². The minimum Gasteiger partial charge on any atom is -0.396 e. The quantitative estimate of drug-likeness (QED) is 0.517. The van der Waals surface area contributed by atoms with Gasteiger partial charge in [0.05, 0.1) is 12.4 Å². The monoisotopic (exact) mass is 254 g/mol. The number of carbonyl (C=O) groups excluding carboxylic acids is 2. The van der Waals surface area contributed by atoms with Crippen LogP contribution < -0.4 is 10.9 Å². The summed E-state index contributed by atoms with van der Waals surface area (Å²) in [4.78, 5) is 22.7. The van der Waals surface area contributed by atoms with Crippen LogP contribution in [0.15, 0.2) is 30.3 Å². The fourth-order valence-corrected chi connectivity index (χ4v) is 1.58. The van der Waals surface area contributed by atoms with E-state index < -0.39 is 0 Å². The lowest BCUT2D eigenvalue weighted by atomic mass is 10.2. The summed E-state index contributed by atoms with van der Waals surface area (Å²) < 4.78 is 0. The second-order valence-corrected chi connectivity index (χ2v) is 4.25. The van der Waals surface area contributed by atoms with Gasteiger partial charge in [-0.2, -0.15) is 0 Å². The summed E-state index contributed by atoms with van der Waals surface area (Å²) in [6.07, 6.45) is 0. The molecule has 0 aliphatic heterocycles. The lowest BCUT2D eigenvalue weighted by molar-refractivity contribution is -0.119. The number of thioether (sulfide) groups is 1. The van der Waals surface area contributed by atoms with E-state index in [1.165, 1.54) is 11.8 Å². The number of hydrazine groups is 1. The van der Waals surface area contributed by atoms with Crippen molar-refractivity contribution >= 4 is 23.6 Å². The molecule has 0 atom stereocenters. The summed E-state index contributed by atoms with van der Waals surface area (Å²) in [5.74, 6) is 0.0502. The Morgan fingerprint density at radius 1 is 1.18 bits per heavy atom. The molecule has 1 aromatic carbocycles.